The lowest BCUT2D eigenvalue weighted by Gasteiger charge is -2.18. The smallest absolute Gasteiger partial charge is 0.322 e. The van der Waals surface area contributed by atoms with Crippen molar-refractivity contribution in [3.8, 4) is 0 Å². The summed E-state index contributed by atoms with van der Waals surface area (Å²) in [5.41, 5.74) is 0. The van der Waals surface area contributed by atoms with Gasteiger partial charge in [0.1, 0.15) is 12.6 Å². The maximum absolute atomic E-state index is 12.8. The third-order valence-corrected chi connectivity index (χ3v) is 10.4. The first-order valence-electron chi connectivity index (χ1n) is 23.0. The Bertz CT molecular complexity index is 869. The molecule has 0 aliphatic rings. The van der Waals surface area contributed by atoms with Crippen LogP contribution in [0.25, 0.3) is 0 Å². The summed E-state index contributed by atoms with van der Waals surface area (Å²) in [7, 11) is 0. The summed E-state index contributed by atoms with van der Waals surface area (Å²) >= 11 is 0. The molecule has 310 valence electrons. The number of carboxylic acid groups (broad SMARTS) is 1. The van der Waals surface area contributed by atoms with Gasteiger partial charge in [0.2, 0.25) is 5.91 Å². The van der Waals surface area contributed by atoms with E-state index in [0.29, 0.717) is 12.8 Å². The van der Waals surface area contributed by atoms with E-state index in [9.17, 15) is 14.4 Å². The number of allylic oxidation sites excluding steroid dienone is 4. The van der Waals surface area contributed by atoms with Crippen LogP contribution in [0.5, 0.6) is 0 Å². The van der Waals surface area contributed by atoms with Crippen molar-refractivity contribution >= 4 is 17.8 Å². The predicted octanol–water partition coefficient (Wildman–Crippen LogP) is 14.3. The van der Waals surface area contributed by atoms with Crippen LogP contribution in [0.1, 0.15) is 245 Å². The van der Waals surface area contributed by atoms with Crippen LogP contribution in [0.15, 0.2) is 24.3 Å². The first-order valence-corrected chi connectivity index (χ1v) is 23.0. The van der Waals surface area contributed by atoms with Crippen LogP contribution >= 0.6 is 0 Å². The van der Waals surface area contributed by atoms with Crippen molar-refractivity contribution in [3.63, 3.8) is 0 Å². The van der Waals surface area contributed by atoms with E-state index in [1.54, 1.807) is 0 Å². The number of rotatable bonds is 42. The van der Waals surface area contributed by atoms with E-state index >= 15 is 0 Å². The SMILES string of the molecule is CCCCCC/C=C\C/C=C\CCCCCCCCCC(=O)OC(CCCCCCCCCCCCCCC)CCCCCCCC(=O)NCC(=O)O. The van der Waals surface area contributed by atoms with Gasteiger partial charge in [0, 0.05) is 12.8 Å². The number of hydrogen-bond acceptors (Lipinski definition) is 4. The number of carboxylic acids is 1. The van der Waals surface area contributed by atoms with Crippen LogP contribution in [-0.2, 0) is 19.1 Å². The van der Waals surface area contributed by atoms with Crippen molar-refractivity contribution in [2.45, 2.75) is 251 Å². The van der Waals surface area contributed by atoms with E-state index < -0.39 is 5.97 Å². The fourth-order valence-electron chi connectivity index (χ4n) is 6.96. The Morgan fingerprint density at radius 3 is 1.32 bits per heavy atom. The Morgan fingerprint density at radius 2 is 0.868 bits per heavy atom. The van der Waals surface area contributed by atoms with Gasteiger partial charge in [-0.15, -0.1) is 0 Å². The van der Waals surface area contributed by atoms with Gasteiger partial charge in [0.25, 0.3) is 0 Å². The molecule has 0 bridgehead atoms. The predicted molar refractivity (Wildman–Crippen MR) is 226 cm³/mol. The monoisotopic (exact) mass is 746 g/mol. The molecular weight excluding hydrogens is 659 g/mol. The summed E-state index contributed by atoms with van der Waals surface area (Å²) in [6, 6.07) is 0. The number of amides is 1. The second-order valence-electron chi connectivity index (χ2n) is 15.7. The molecule has 0 aromatic heterocycles. The summed E-state index contributed by atoms with van der Waals surface area (Å²) < 4.78 is 6.05. The van der Waals surface area contributed by atoms with Gasteiger partial charge in [-0.1, -0.05) is 186 Å². The number of nitrogens with one attached hydrogen (secondary N) is 1. The van der Waals surface area contributed by atoms with Crippen molar-refractivity contribution in [1.29, 1.82) is 0 Å². The first-order chi connectivity index (χ1) is 26.0. The minimum absolute atomic E-state index is 0.0183. The van der Waals surface area contributed by atoms with Gasteiger partial charge in [-0.05, 0) is 70.6 Å². The van der Waals surface area contributed by atoms with Crippen LogP contribution in [-0.4, -0.2) is 35.6 Å². The lowest BCUT2D eigenvalue weighted by molar-refractivity contribution is -0.150. The average molecular weight is 746 g/mol. The molecule has 0 aliphatic carbocycles. The van der Waals surface area contributed by atoms with E-state index in [-0.39, 0.29) is 24.5 Å². The van der Waals surface area contributed by atoms with Gasteiger partial charge in [0.05, 0.1) is 0 Å². The zero-order valence-corrected chi connectivity index (χ0v) is 35.1. The molecule has 0 saturated carbocycles. The Labute approximate surface area is 328 Å². The van der Waals surface area contributed by atoms with Crippen molar-refractivity contribution < 1.29 is 24.2 Å². The Kier molecular flexibility index (Phi) is 40.9. The molecule has 1 atom stereocenters. The molecular formula is C47H87NO5. The standard InChI is InChI=1S/C47H87NO5/c1-3-5-7-9-11-13-15-17-18-19-20-21-23-25-27-29-34-38-42-47(52)53-44(40-36-32-30-33-37-41-45(49)48-43-46(50)51)39-35-31-28-26-24-22-16-14-12-10-8-6-4-2/h13,15,18-19,44H,3-12,14,16-17,20-43H2,1-2H3,(H,48,49)(H,50,51)/b15-13-,19-18-. The maximum atomic E-state index is 12.8. The fraction of sp³-hybridized carbons (Fsp3) is 0.851. The van der Waals surface area contributed by atoms with Crippen LogP contribution < -0.4 is 5.32 Å². The molecule has 0 fully saturated rings. The van der Waals surface area contributed by atoms with Crippen molar-refractivity contribution in [2.24, 2.45) is 0 Å². The van der Waals surface area contributed by atoms with Crippen molar-refractivity contribution in [3.05, 3.63) is 24.3 Å². The van der Waals surface area contributed by atoms with Crippen LogP contribution in [0.2, 0.25) is 0 Å². The Hall–Kier alpha value is -2.11. The van der Waals surface area contributed by atoms with E-state index in [1.807, 2.05) is 0 Å². The number of carbonyl (C=O) groups is 3. The third-order valence-electron chi connectivity index (χ3n) is 10.4. The highest BCUT2D eigenvalue weighted by molar-refractivity contribution is 5.80. The van der Waals surface area contributed by atoms with E-state index in [0.717, 1.165) is 70.6 Å². The Morgan fingerprint density at radius 1 is 0.491 bits per heavy atom. The summed E-state index contributed by atoms with van der Waals surface area (Å²) in [4.78, 5) is 35.1. The highest BCUT2D eigenvalue weighted by Crippen LogP contribution is 2.19. The van der Waals surface area contributed by atoms with Crippen LogP contribution in [0.3, 0.4) is 0 Å². The molecule has 0 radical (unpaired) electrons. The number of esters is 1. The third kappa shape index (κ3) is 42.5. The summed E-state index contributed by atoms with van der Waals surface area (Å²) in [5.74, 6) is -1.22. The molecule has 6 nitrogen and oxygen atoms in total. The molecule has 0 aliphatic heterocycles. The molecule has 0 spiro atoms. The topological polar surface area (TPSA) is 92.7 Å². The van der Waals surface area contributed by atoms with Gasteiger partial charge in [0.15, 0.2) is 0 Å². The molecule has 1 amide bonds. The first kappa shape index (κ1) is 50.9. The zero-order chi connectivity index (χ0) is 38.7. The largest absolute Gasteiger partial charge is 0.480 e. The molecule has 0 aromatic rings. The minimum Gasteiger partial charge on any atom is -0.480 e. The zero-order valence-electron chi connectivity index (χ0n) is 35.1. The van der Waals surface area contributed by atoms with E-state index in [4.69, 9.17) is 9.84 Å². The van der Waals surface area contributed by atoms with Crippen LogP contribution in [0, 0.1) is 0 Å². The number of ether oxygens (including phenoxy) is 1. The lowest BCUT2D eigenvalue weighted by atomic mass is 10.0. The van der Waals surface area contributed by atoms with Crippen molar-refractivity contribution in [2.75, 3.05) is 6.54 Å². The van der Waals surface area contributed by atoms with E-state index in [2.05, 4.69) is 43.5 Å². The minimum atomic E-state index is -1.01. The second-order valence-corrected chi connectivity index (χ2v) is 15.7. The molecule has 2 N–H and O–H groups in total. The number of aliphatic carboxylic acids is 1. The maximum Gasteiger partial charge on any atom is 0.322 e. The quantitative estimate of drug-likeness (QED) is 0.0369. The van der Waals surface area contributed by atoms with Gasteiger partial charge in [-0.2, -0.15) is 0 Å². The highest BCUT2D eigenvalue weighted by Gasteiger charge is 2.14. The molecule has 0 heterocycles. The summed E-state index contributed by atoms with van der Waals surface area (Å²) in [5, 5.41) is 11.1. The van der Waals surface area contributed by atoms with Gasteiger partial charge >= 0.3 is 11.9 Å². The average Bonchev–Trinajstić information content (AvgIpc) is 3.14. The van der Waals surface area contributed by atoms with Crippen LogP contribution in [0.4, 0.5) is 0 Å². The number of carbonyl (C=O) groups excluding carboxylic acids is 2. The van der Waals surface area contributed by atoms with Crippen molar-refractivity contribution in [1.82, 2.24) is 5.32 Å². The highest BCUT2D eigenvalue weighted by atomic mass is 16.5. The molecule has 0 rings (SSSR count). The molecule has 0 saturated heterocycles. The normalized spacial score (nSPS) is 12.2. The fourth-order valence-corrected chi connectivity index (χ4v) is 6.96. The van der Waals surface area contributed by atoms with Gasteiger partial charge in [-0.25, -0.2) is 0 Å². The number of unbranched alkanes of at least 4 members (excludes halogenated alkanes) is 27. The second kappa shape index (κ2) is 42.6. The molecule has 0 aromatic carbocycles. The van der Waals surface area contributed by atoms with Gasteiger partial charge < -0.3 is 15.2 Å². The Balaban J connectivity index is 4.13. The molecule has 6 heteroatoms. The summed E-state index contributed by atoms with van der Waals surface area (Å²) in [6.07, 6.45) is 51.6. The van der Waals surface area contributed by atoms with Gasteiger partial charge in [-0.3, -0.25) is 14.4 Å². The van der Waals surface area contributed by atoms with E-state index in [1.165, 1.54) is 148 Å². The molecule has 1 unspecified atom stereocenters. The number of hydrogen-bond donors (Lipinski definition) is 2. The lowest BCUT2D eigenvalue weighted by Crippen LogP contribution is -2.28. The summed E-state index contributed by atoms with van der Waals surface area (Å²) in [6.45, 7) is 4.23. The molecule has 53 heavy (non-hydrogen) atoms.